The van der Waals surface area contributed by atoms with Crippen molar-refractivity contribution < 1.29 is 9.90 Å². The van der Waals surface area contributed by atoms with Crippen LogP contribution in [0.25, 0.3) is 0 Å². The Morgan fingerprint density at radius 2 is 2.20 bits per heavy atom. The van der Waals surface area contributed by atoms with Crippen molar-refractivity contribution in [3.8, 4) is 0 Å². The highest BCUT2D eigenvalue weighted by Crippen LogP contribution is 2.31. The van der Waals surface area contributed by atoms with Crippen LogP contribution in [0.15, 0.2) is 0 Å². The second-order valence-electron chi connectivity index (χ2n) is 5.76. The molecule has 1 aliphatic heterocycles. The Morgan fingerprint density at radius 1 is 1.55 bits per heavy atom. The molecule has 0 spiro atoms. The number of nitrogens with zero attached hydrogens (tertiary/aromatic N) is 3. The van der Waals surface area contributed by atoms with Gasteiger partial charge in [0.15, 0.2) is 0 Å². The molecule has 3 N–H and O–H groups in total. The second kappa shape index (κ2) is 5.18. The summed E-state index contributed by atoms with van der Waals surface area (Å²) in [6.07, 6.45) is 0.493. The van der Waals surface area contributed by atoms with Crippen LogP contribution in [-0.2, 0) is 11.3 Å². The number of aliphatic carboxylic acids is 1. The zero-order valence-corrected chi connectivity index (χ0v) is 12.7. The summed E-state index contributed by atoms with van der Waals surface area (Å²) in [7, 11) is 0. The summed E-state index contributed by atoms with van der Waals surface area (Å²) < 4.78 is 1.99. The Balaban J connectivity index is 2.23. The Bertz CT molecular complexity index is 525. The summed E-state index contributed by atoms with van der Waals surface area (Å²) >= 11 is 0. The third-order valence-corrected chi connectivity index (χ3v) is 4.46. The molecule has 0 bridgehead atoms. The molecular weight excluding hydrogens is 256 g/mol. The number of aromatic nitrogens is 2. The van der Waals surface area contributed by atoms with Gasteiger partial charge in [-0.05, 0) is 34.1 Å². The molecular formula is C14H24N4O2. The minimum absolute atomic E-state index is 0.139. The van der Waals surface area contributed by atoms with E-state index in [0.29, 0.717) is 19.5 Å². The maximum absolute atomic E-state index is 11.2. The third kappa shape index (κ3) is 2.33. The summed E-state index contributed by atoms with van der Waals surface area (Å²) in [6, 6.07) is 0.139. The van der Waals surface area contributed by atoms with Gasteiger partial charge in [-0.15, -0.1) is 0 Å². The van der Waals surface area contributed by atoms with Gasteiger partial charge in [-0.1, -0.05) is 0 Å². The Hall–Kier alpha value is -1.40. The van der Waals surface area contributed by atoms with Gasteiger partial charge >= 0.3 is 5.97 Å². The molecule has 2 rings (SSSR count). The lowest BCUT2D eigenvalue weighted by atomic mass is 10.0. The molecule has 1 aliphatic rings. The molecule has 2 atom stereocenters. The van der Waals surface area contributed by atoms with Gasteiger partial charge in [-0.2, -0.15) is 5.10 Å². The second-order valence-corrected chi connectivity index (χ2v) is 5.76. The molecule has 1 aromatic heterocycles. The highest BCUT2D eigenvalue weighted by molar-refractivity contribution is 5.79. The highest BCUT2D eigenvalue weighted by Gasteiger charge is 2.43. The van der Waals surface area contributed by atoms with Gasteiger partial charge in [0.2, 0.25) is 0 Å². The van der Waals surface area contributed by atoms with Gasteiger partial charge < -0.3 is 10.8 Å². The number of carboxylic acid groups (broad SMARTS) is 1. The maximum atomic E-state index is 11.2. The fourth-order valence-electron chi connectivity index (χ4n) is 3.17. The Kier molecular flexibility index (Phi) is 3.88. The van der Waals surface area contributed by atoms with Crippen LogP contribution in [0.1, 0.15) is 43.3 Å². The SMILES string of the molecule is CCn1nc(C)c(C(C)N2CCC(N)(C(=O)O)C2)c1C. The number of aryl methyl sites for hydroxylation is 2. The van der Waals surface area contributed by atoms with E-state index in [-0.39, 0.29) is 6.04 Å². The number of hydrogen-bond acceptors (Lipinski definition) is 4. The minimum atomic E-state index is -1.11. The normalized spacial score (nSPS) is 25.1. The van der Waals surface area contributed by atoms with E-state index in [1.54, 1.807) is 0 Å². The third-order valence-electron chi connectivity index (χ3n) is 4.46. The van der Waals surface area contributed by atoms with Crippen LogP contribution in [0.5, 0.6) is 0 Å². The topological polar surface area (TPSA) is 84.4 Å². The molecule has 112 valence electrons. The van der Waals surface area contributed by atoms with Gasteiger partial charge in [-0.3, -0.25) is 14.4 Å². The number of likely N-dealkylation sites (tertiary alicyclic amines) is 1. The molecule has 20 heavy (non-hydrogen) atoms. The number of carboxylic acids is 1. The predicted octanol–water partition coefficient (Wildman–Crippen LogP) is 1.07. The molecule has 1 fully saturated rings. The number of nitrogens with two attached hydrogens (primary N) is 1. The first-order valence-corrected chi connectivity index (χ1v) is 7.10. The van der Waals surface area contributed by atoms with Crippen molar-refractivity contribution in [3.05, 3.63) is 17.0 Å². The van der Waals surface area contributed by atoms with E-state index in [1.165, 1.54) is 5.56 Å². The van der Waals surface area contributed by atoms with Gasteiger partial charge in [0.1, 0.15) is 5.54 Å². The fraction of sp³-hybridized carbons (Fsp3) is 0.714. The van der Waals surface area contributed by atoms with Crippen molar-refractivity contribution >= 4 is 5.97 Å². The predicted molar refractivity (Wildman–Crippen MR) is 76.5 cm³/mol. The monoisotopic (exact) mass is 280 g/mol. The van der Waals surface area contributed by atoms with E-state index in [2.05, 4.69) is 30.8 Å². The van der Waals surface area contributed by atoms with Crippen LogP contribution in [0.4, 0.5) is 0 Å². The molecule has 0 aromatic carbocycles. The van der Waals surface area contributed by atoms with E-state index in [4.69, 9.17) is 5.73 Å². The van der Waals surface area contributed by atoms with Crippen molar-refractivity contribution in [1.29, 1.82) is 0 Å². The largest absolute Gasteiger partial charge is 0.480 e. The molecule has 6 heteroatoms. The molecule has 0 saturated carbocycles. The lowest BCUT2D eigenvalue weighted by Gasteiger charge is -2.26. The van der Waals surface area contributed by atoms with Crippen molar-refractivity contribution in [2.24, 2.45) is 5.73 Å². The first-order valence-electron chi connectivity index (χ1n) is 7.10. The van der Waals surface area contributed by atoms with Crippen molar-refractivity contribution in [1.82, 2.24) is 14.7 Å². The average Bonchev–Trinajstić information content (AvgIpc) is 2.91. The quantitative estimate of drug-likeness (QED) is 0.862. The summed E-state index contributed by atoms with van der Waals surface area (Å²) in [6.45, 7) is 10.2. The van der Waals surface area contributed by atoms with Crippen molar-refractivity contribution in [2.45, 2.75) is 52.2 Å². The van der Waals surface area contributed by atoms with Crippen LogP contribution >= 0.6 is 0 Å². The summed E-state index contributed by atoms with van der Waals surface area (Å²) in [4.78, 5) is 13.4. The smallest absolute Gasteiger partial charge is 0.325 e. The molecule has 0 amide bonds. The standard InChI is InChI=1S/C14H24N4O2/c1-5-18-11(4)12(9(2)16-18)10(3)17-7-6-14(15,8-17)13(19)20/h10H,5-8,15H2,1-4H3,(H,19,20). The van der Waals surface area contributed by atoms with Gasteiger partial charge in [-0.25, -0.2) is 0 Å². The molecule has 0 radical (unpaired) electrons. The molecule has 1 aromatic rings. The van der Waals surface area contributed by atoms with E-state index in [0.717, 1.165) is 17.9 Å². The minimum Gasteiger partial charge on any atom is -0.480 e. The molecule has 2 heterocycles. The molecule has 2 unspecified atom stereocenters. The van der Waals surface area contributed by atoms with Crippen molar-refractivity contribution in [2.75, 3.05) is 13.1 Å². The van der Waals surface area contributed by atoms with Crippen LogP contribution in [0.3, 0.4) is 0 Å². The van der Waals surface area contributed by atoms with E-state index < -0.39 is 11.5 Å². The van der Waals surface area contributed by atoms with Crippen LogP contribution in [0, 0.1) is 13.8 Å². The molecule has 1 saturated heterocycles. The number of hydrogen-bond donors (Lipinski definition) is 2. The van der Waals surface area contributed by atoms with Crippen LogP contribution in [-0.4, -0.2) is 44.4 Å². The summed E-state index contributed by atoms with van der Waals surface area (Å²) in [5, 5.41) is 13.8. The van der Waals surface area contributed by atoms with Crippen molar-refractivity contribution in [3.63, 3.8) is 0 Å². The molecule has 0 aliphatic carbocycles. The lowest BCUT2D eigenvalue weighted by molar-refractivity contribution is -0.142. The maximum Gasteiger partial charge on any atom is 0.325 e. The fourth-order valence-corrected chi connectivity index (χ4v) is 3.17. The van der Waals surface area contributed by atoms with Gasteiger partial charge in [0.25, 0.3) is 0 Å². The summed E-state index contributed by atoms with van der Waals surface area (Å²) in [5.74, 6) is -0.912. The zero-order valence-electron chi connectivity index (χ0n) is 12.7. The van der Waals surface area contributed by atoms with Gasteiger partial charge in [0.05, 0.1) is 5.69 Å². The zero-order chi connectivity index (χ0) is 15.1. The number of carbonyl (C=O) groups is 1. The molecule has 6 nitrogen and oxygen atoms in total. The van der Waals surface area contributed by atoms with Crippen LogP contribution in [0.2, 0.25) is 0 Å². The highest BCUT2D eigenvalue weighted by atomic mass is 16.4. The van der Waals surface area contributed by atoms with Gasteiger partial charge in [0, 0.05) is 36.9 Å². The van der Waals surface area contributed by atoms with E-state index in [9.17, 15) is 9.90 Å². The number of rotatable bonds is 4. The van der Waals surface area contributed by atoms with Crippen LogP contribution < -0.4 is 5.73 Å². The first-order chi connectivity index (χ1) is 9.30. The van der Waals surface area contributed by atoms with E-state index >= 15 is 0 Å². The Labute approximate surface area is 119 Å². The average molecular weight is 280 g/mol. The lowest BCUT2D eigenvalue weighted by Crippen LogP contribution is -2.50. The van der Waals surface area contributed by atoms with E-state index in [1.807, 2.05) is 11.6 Å². The summed E-state index contributed by atoms with van der Waals surface area (Å²) in [5.41, 5.74) is 8.21. The Morgan fingerprint density at radius 3 is 2.65 bits per heavy atom. The first kappa shape index (κ1) is 15.0.